The van der Waals surface area contributed by atoms with Crippen molar-refractivity contribution in [3.63, 3.8) is 0 Å². The Bertz CT molecular complexity index is 1220. The fourth-order valence-electron chi connectivity index (χ4n) is 3.67. The number of amides is 1. The molecule has 3 aromatic heterocycles. The van der Waals surface area contributed by atoms with Gasteiger partial charge in [-0.1, -0.05) is 17.3 Å². The number of thiophene rings is 1. The van der Waals surface area contributed by atoms with Crippen molar-refractivity contribution in [1.29, 1.82) is 0 Å². The second kappa shape index (κ2) is 9.35. The summed E-state index contributed by atoms with van der Waals surface area (Å²) in [7, 11) is -3.80. The molecule has 4 rings (SSSR count). The maximum absolute atomic E-state index is 13.3. The van der Waals surface area contributed by atoms with Crippen molar-refractivity contribution in [3.05, 3.63) is 57.7 Å². The van der Waals surface area contributed by atoms with Crippen molar-refractivity contribution in [3.8, 4) is 0 Å². The standard InChI is InChI=1S/C22H24N4O4S2/c1-15-5-3-7-20(23-15)24-22(27)17-10-12-26(13-11-17)32(28,29)21-16(2)25-30-19(21)9-8-18-6-4-14-31-18/h3-9,14,17H,10-13H2,1-2H3,(H,23,24,27). The zero-order chi connectivity index (χ0) is 22.7. The molecule has 1 fully saturated rings. The van der Waals surface area contributed by atoms with Crippen LogP contribution in [0.2, 0.25) is 0 Å². The van der Waals surface area contributed by atoms with E-state index in [2.05, 4.69) is 15.5 Å². The number of hydrogen-bond acceptors (Lipinski definition) is 7. The summed E-state index contributed by atoms with van der Waals surface area (Å²) in [5, 5.41) is 8.65. The van der Waals surface area contributed by atoms with Gasteiger partial charge in [0.2, 0.25) is 15.9 Å². The summed E-state index contributed by atoms with van der Waals surface area (Å²) in [5.74, 6) is 0.306. The van der Waals surface area contributed by atoms with Gasteiger partial charge in [0.25, 0.3) is 0 Å². The van der Waals surface area contributed by atoms with Gasteiger partial charge in [0.15, 0.2) is 10.7 Å². The van der Waals surface area contributed by atoms with E-state index in [9.17, 15) is 13.2 Å². The fraction of sp³-hybridized carbons (Fsp3) is 0.318. The number of aryl methyl sites for hydroxylation is 2. The Hall–Kier alpha value is -2.82. The number of piperidine rings is 1. The van der Waals surface area contributed by atoms with Crippen LogP contribution in [0.25, 0.3) is 12.2 Å². The number of sulfonamides is 1. The second-order valence-electron chi connectivity index (χ2n) is 7.64. The summed E-state index contributed by atoms with van der Waals surface area (Å²) >= 11 is 1.54. The number of carbonyl (C=O) groups excluding carboxylic acids is 1. The van der Waals surface area contributed by atoms with Crippen LogP contribution >= 0.6 is 11.3 Å². The van der Waals surface area contributed by atoms with Gasteiger partial charge in [-0.05, 0) is 62.4 Å². The van der Waals surface area contributed by atoms with Crippen molar-refractivity contribution in [1.82, 2.24) is 14.4 Å². The molecule has 1 N–H and O–H groups in total. The third-order valence-corrected chi connectivity index (χ3v) is 8.23. The predicted octanol–water partition coefficient (Wildman–Crippen LogP) is 3.96. The van der Waals surface area contributed by atoms with Gasteiger partial charge in [0.05, 0.1) is 0 Å². The van der Waals surface area contributed by atoms with Crippen LogP contribution < -0.4 is 5.32 Å². The van der Waals surface area contributed by atoms with E-state index in [1.165, 1.54) is 4.31 Å². The molecule has 1 aliphatic heterocycles. The van der Waals surface area contributed by atoms with Gasteiger partial charge in [0, 0.05) is 29.6 Å². The van der Waals surface area contributed by atoms with Crippen molar-refractivity contribution in [2.24, 2.45) is 5.92 Å². The summed E-state index contributed by atoms with van der Waals surface area (Å²) in [6.07, 6.45) is 4.30. The van der Waals surface area contributed by atoms with Gasteiger partial charge >= 0.3 is 0 Å². The Kier molecular flexibility index (Phi) is 6.54. The van der Waals surface area contributed by atoms with Crippen LogP contribution in [0.5, 0.6) is 0 Å². The topological polar surface area (TPSA) is 105 Å². The molecule has 0 aromatic carbocycles. The lowest BCUT2D eigenvalue weighted by Crippen LogP contribution is -2.41. The highest BCUT2D eigenvalue weighted by atomic mass is 32.2. The third-order valence-electron chi connectivity index (χ3n) is 5.34. The zero-order valence-electron chi connectivity index (χ0n) is 17.8. The molecule has 8 nitrogen and oxygen atoms in total. The number of aromatic nitrogens is 2. The second-order valence-corrected chi connectivity index (χ2v) is 10.5. The number of nitrogens with one attached hydrogen (secondary N) is 1. The highest BCUT2D eigenvalue weighted by Gasteiger charge is 2.36. The monoisotopic (exact) mass is 472 g/mol. The molecule has 32 heavy (non-hydrogen) atoms. The Morgan fingerprint density at radius 2 is 1.97 bits per heavy atom. The lowest BCUT2D eigenvalue weighted by Gasteiger charge is -2.30. The van der Waals surface area contributed by atoms with Gasteiger partial charge in [0.1, 0.15) is 11.5 Å². The number of hydrogen-bond donors (Lipinski definition) is 1. The SMILES string of the molecule is Cc1cccc(NC(=O)C2CCN(S(=O)(=O)c3c(C)noc3C=Cc3cccs3)CC2)n1. The first-order chi connectivity index (χ1) is 15.3. The van der Waals surface area contributed by atoms with Gasteiger partial charge < -0.3 is 9.84 Å². The molecule has 1 aliphatic rings. The molecule has 10 heteroatoms. The Balaban J connectivity index is 1.44. The summed E-state index contributed by atoms with van der Waals surface area (Å²) in [5.41, 5.74) is 1.14. The molecule has 1 saturated heterocycles. The molecule has 0 bridgehead atoms. The highest BCUT2D eigenvalue weighted by molar-refractivity contribution is 7.89. The molecule has 0 radical (unpaired) electrons. The van der Waals surface area contributed by atoms with Crippen molar-refractivity contribution >= 4 is 45.2 Å². The summed E-state index contributed by atoms with van der Waals surface area (Å²) in [4.78, 5) is 18.0. The Morgan fingerprint density at radius 3 is 2.66 bits per heavy atom. The van der Waals surface area contributed by atoms with E-state index in [4.69, 9.17) is 4.52 Å². The van der Waals surface area contributed by atoms with Crippen LogP contribution in [0.4, 0.5) is 5.82 Å². The first-order valence-corrected chi connectivity index (χ1v) is 12.6. The van der Waals surface area contributed by atoms with Crippen LogP contribution in [0.15, 0.2) is 45.1 Å². The van der Waals surface area contributed by atoms with E-state index < -0.39 is 10.0 Å². The van der Waals surface area contributed by atoms with E-state index in [0.29, 0.717) is 24.4 Å². The fourth-order valence-corrected chi connectivity index (χ4v) is 6.01. The molecule has 0 atom stereocenters. The van der Waals surface area contributed by atoms with Crippen LogP contribution in [-0.2, 0) is 14.8 Å². The van der Waals surface area contributed by atoms with Gasteiger partial charge in [-0.3, -0.25) is 4.79 Å². The van der Waals surface area contributed by atoms with Crippen molar-refractivity contribution in [2.45, 2.75) is 31.6 Å². The summed E-state index contributed by atoms with van der Waals surface area (Å²) in [6.45, 7) is 3.98. The van der Waals surface area contributed by atoms with Crippen molar-refractivity contribution < 1.29 is 17.7 Å². The van der Waals surface area contributed by atoms with Crippen LogP contribution in [0.1, 0.15) is 34.9 Å². The van der Waals surface area contributed by atoms with Crippen molar-refractivity contribution in [2.75, 3.05) is 18.4 Å². The quantitative estimate of drug-likeness (QED) is 0.582. The molecule has 0 aliphatic carbocycles. The number of carbonyl (C=O) groups is 1. The Labute approximate surface area is 191 Å². The average molecular weight is 473 g/mol. The molecule has 1 amide bonds. The van der Waals surface area contributed by atoms with Crippen LogP contribution in [0, 0.1) is 19.8 Å². The summed E-state index contributed by atoms with van der Waals surface area (Å²) < 4.78 is 33.4. The minimum atomic E-state index is -3.80. The molecule has 168 valence electrons. The highest BCUT2D eigenvalue weighted by Crippen LogP contribution is 2.29. The predicted molar refractivity (Wildman–Crippen MR) is 124 cm³/mol. The minimum Gasteiger partial charge on any atom is -0.355 e. The van der Waals surface area contributed by atoms with Crippen LogP contribution in [0.3, 0.4) is 0 Å². The third kappa shape index (κ3) is 4.82. The van der Waals surface area contributed by atoms with E-state index in [-0.39, 0.29) is 35.6 Å². The number of rotatable bonds is 6. The molecule has 0 unspecified atom stereocenters. The first-order valence-electron chi connectivity index (χ1n) is 10.3. The summed E-state index contributed by atoms with van der Waals surface area (Å²) in [6, 6.07) is 9.28. The first kappa shape index (κ1) is 22.4. The smallest absolute Gasteiger partial charge is 0.248 e. The minimum absolute atomic E-state index is 0.0807. The lowest BCUT2D eigenvalue weighted by molar-refractivity contribution is -0.120. The van der Waals surface area contributed by atoms with E-state index >= 15 is 0 Å². The maximum Gasteiger partial charge on any atom is 0.248 e. The number of nitrogens with zero attached hydrogens (tertiary/aromatic N) is 3. The van der Waals surface area contributed by atoms with E-state index in [1.807, 2.05) is 36.6 Å². The number of pyridine rings is 1. The molecule has 0 saturated carbocycles. The zero-order valence-corrected chi connectivity index (χ0v) is 19.4. The normalized spacial score (nSPS) is 15.9. The van der Waals surface area contributed by atoms with E-state index in [0.717, 1.165) is 10.6 Å². The molecular weight excluding hydrogens is 448 g/mol. The van der Waals surface area contributed by atoms with Gasteiger partial charge in [-0.25, -0.2) is 13.4 Å². The largest absolute Gasteiger partial charge is 0.355 e. The molecule has 4 heterocycles. The molecular formula is C22H24N4O4S2. The maximum atomic E-state index is 13.3. The van der Waals surface area contributed by atoms with Gasteiger partial charge in [-0.15, -0.1) is 11.3 Å². The van der Waals surface area contributed by atoms with E-state index in [1.54, 1.807) is 36.5 Å². The number of anilines is 1. The lowest BCUT2D eigenvalue weighted by atomic mass is 9.97. The Morgan fingerprint density at radius 1 is 1.19 bits per heavy atom. The molecule has 0 spiro atoms. The average Bonchev–Trinajstić information content (AvgIpc) is 3.42. The van der Waals surface area contributed by atoms with Gasteiger partial charge in [-0.2, -0.15) is 4.31 Å². The van der Waals surface area contributed by atoms with Crippen LogP contribution in [-0.4, -0.2) is 41.9 Å². The molecule has 3 aromatic rings.